The first-order valence-electron chi connectivity index (χ1n) is 5.29. The maximum Gasteiger partial charge on any atom is 0.295 e. The molecule has 0 spiro atoms. The number of nitrogen functional groups attached to an aromatic ring is 1. The second kappa shape index (κ2) is 4.44. The molecule has 15 heavy (non-hydrogen) atoms. The summed E-state index contributed by atoms with van der Waals surface area (Å²) in [7, 11) is 0. The number of hydrogen-bond donors (Lipinski definition) is 1. The Morgan fingerprint density at radius 1 is 1.33 bits per heavy atom. The van der Waals surface area contributed by atoms with Crippen LogP contribution in [0.4, 0.5) is 5.69 Å². The summed E-state index contributed by atoms with van der Waals surface area (Å²) in [6.45, 7) is 4.22. The molecule has 0 radical (unpaired) electrons. The maximum atomic E-state index is 11.0. The van der Waals surface area contributed by atoms with Gasteiger partial charge in [-0.3, -0.25) is 4.79 Å². The van der Waals surface area contributed by atoms with Crippen LogP contribution in [0, 0.1) is 0 Å². The molecular formula is C10H16N4O. The van der Waals surface area contributed by atoms with Crippen molar-refractivity contribution in [2.24, 2.45) is 0 Å². The molecule has 5 heteroatoms. The van der Waals surface area contributed by atoms with Gasteiger partial charge in [-0.1, -0.05) is 0 Å². The van der Waals surface area contributed by atoms with Gasteiger partial charge < -0.3 is 15.2 Å². The summed E-state index contributed by atoms with van der Waals surface area (Å²) in [4.78, 5) is 17.1. The summed E-state index contributed by atoms with van der Waals surface area (Å²) in [6.07, 6.45) is 5.80. The minimum absolute atomic E-state index is 0.221. The highest BCUT2D eigenvalue weighted by atomic mass is 16.1. The predicted octanol–water partition coefficient (Wildman–Crippen LogP) is -0.0787. The second-order valence-electron chi connectivity index (χ2n) is 3.92. The van der Waals surface area contributed by atoms with Crippen molar-refractivity contribution >= 4 is 5.69 Å². The van der Waals surface area contributed by atoms with Gasteiger partial charge in [-0.15, -0.1) is 0 Å². The van der Waals surface area contributed by atoms with E-state index in [9.17, 15) is 4.79 Å². The monoisotopic (exact) mass is 208 g/mol. The molecule has 0 aromatic carbocycles. The Labute approximate surface area is 88.5 Å². The first-order chi connectivity index (χ1) is 7.25. The molecule has 5 nitrogen and oxygen atoms in total. The van der Waals surface area contributed by atoms with Crippen LogP contribution in [0.2, 0.25) is 0 Å². The molecule has 0 bridgehead atoms. The van der Waals surface area contributed by atoms with Crippen LogP contribution >= 0.6 is 0 Å². The molecule has 1 aromatic rings. The van der Waals surface area contributed by atoms with Crippen LogP contribution in [-0.2, 0) is 6.54 Å². The van der Waals surface area contributed by atoms with Crippen molar-refractivity contribution in [1.29, 1.82) is 0 Å². The van der Waals surface area contributed by atoms with Crippen molar-refractivity contribution in [2.75, 3.05) is 25.4 Å². The number of anilines is 1. The second-order valence-corrected chi connectivity index (χ2v) is 3.92. The van der Waals surface area contributed by atoms with Gasteiger partial charge in [0.25, 0.3) is 5.56 Å². The fourth-order valence-electron chi connectivity index (χ4n) is 1.85. The summed E-state index contributed by atoms with van der Waals surface area (Å²) in [5.41, 5.74) is 5.38. The lowest BCUT2D eigenvalue weighted by atomic mass is 10.4. The fourth-order valence-corrected chi connectivity index (χ4v) is 1.85. The average molecular weight is 208 g/mol. The van der Waals surface area contributed by atoms with Gasteiger partial charge in [-0.05, 0) is 25.9 Å². The minimum atomic E-state index is -0.340. The van der Waals surface area contributed by atoms with E-state index in [0.29, 0.717) is 0 Å². The Morgan fingerprint density at radius 2 is 2.07 bits per heavy atom. The number of aromatic nitrogens is 2. The average Bonchev–Trinajstić information content (AvgIpc) is 2.73. The van der Waals surface area contributed by atoms with Gasteiger partial charge in [0.2, 0.25) is 0 Å². The maximum absolute atomic E-state index is 11.0. The smallest absolute Gasteiger partial charge is 0.295 e. The summed E-state index contributed by atoms with van der Waals surface area (Å²) in [6, 6.07) is 0. The van der Waals surface area contributed by atoms with Gasteiger partial charge in [0.05, 0.1) is 6.33 Å². The summed E-state index contributed by atoms with van der Waals surface area (Å²) in [5, 5.41) is 0. The molecule has 2 heterocycles. The third kappa shape index (κ3) is 2.56. The quantitative estimate of drug-likeness (QED) is 0.754. The Kier molecular flexibility index (Phi) is 3.01. The molecule has 82 valence electrons. The molecule has 0 amide bonds. The molecule has 0 unspecified atom stereocenters. The van der Waals surface area contributed by atoms with E-state index in [1.54, 1.807) is 12.5 Å². The lowest BCUT2D eigenvalue weighted by Crippen LogP contribution is -2.25. The highest BCUT2D eigenvalue weighted by molar-refractivity contribution is 5.30. The van der Waals surface area contributed by atoms with E-state index >= 15 is 0 Å². The molecule has 1 aromatic heterocycles. The minimum Gasteiger partial charge on any atom is -0.393 e. The molecule has 0 atom stereocenters. The van der Waals surface area contributed by atoms with Gasteiger partial charge in [0.15, 0.2) is 0 Å². The SMILES string of the molecule is Nc1cn(CCN2CCCC2)cnc1=O. The van der Waals surface area contributed by atoms with Gasteiger partial charge in [0.1, 0.15) is 5.69 Å². The van der Waals surface area contributed by atoms with Crippen molar-refractivity contribution in [3.8, 4) is 0 Å². The fraction of sp³-hybridized carbons (Fsp3) is 0.600. The Hall–Kier alpha value is -1.36. The van der Waals surface area contributed by atoms with Crippen LogP contribution in [0.5, 0.6) is 0 Å². The lowest BCUT2D eigenvalue weighted by Gasteiger charge is -2.15. The molecule has 1 fully saturated rings. The third-order valence-electron chi connectivity index (χ3n) is 2.75. The largest absolute Gasteiger partial charge is 0.393 e. The van der Waals surface area contributed by atoms with Crippen LogP contribution in [-0.4, -0.2) is 34.1 Å². The number of nitrogens with zero attached hydrogens (tertiary/aromatic N) is 3. The molecular weight excluding hydrogens is 192 g/mol. The van der Waals surface area contributed by atoms with Gasteiger partial charge >= 0.3 is 0 Å². The van der Waals surface area contributed by atoms with Gasteiger partial charge in [-0.2, -0.15) is 4.98 Å². The number of likely N-dealkylation sites (tertiary alicyclic amines) is 1. The zero-order valence-electron chi connectivity index (χ0n) is 8.72. The lowest BCUT2D eigenvalue weighted by molar-refractivity contribution is 0.321. The molecule has 0 saturated carbocycles. The Morgan fingerprint density at radius 3 is 2.73 bits per heavy atom. The molecule has 1 aliphatic heterocycles. The third-order valence-corrected chi connectivity index (χ3v) is 2.75. The van der Waals surface area contributed by atoms with E-state index in [4.69, 9.17) is 5.73 Å². The van der Waals surface area contributed by atoms with E-state index in [1.807, 2.05) is 4.57 Å². The normalized spacial score (nSPS) is 17.1. The summed E-state index contributed by atoms with van der Waals surface area (Å²) < 4.78 is 1.87. The van der Waals surface area contributed by atoms with E-state index in [0.717, 1.165) is 13.1 Å². The first-order valence-corrected chi connectivity index (χ1v) is 5.29. The van der Waals surface area contributed by atoms with Crippen molar-refractivity contribution in [3.63, 3.8) is 0 Å². The molecule has 2 N–H and O–H groups in total. The van der Waals surface area contributed by atoms with Crippen LogP contribution in [0.15, 0.2) is 17.3 Å². The molecule has 0 aliphatic carbocycles. The number of nitrogens with two attached hydrogens (primary N) is 1. The van der Waals surface area contributed by atoms with Crippen molar-refractivity contribution < 1.29 is 0 Å². The van der Waals surface area contributed by atoms with Crippen LogP contribution in [0.3, 0.4) is 0 Å². The number of rotatable bonds is 3. The van der Waals surface area contributed by atoms with Crippen LogP contribution < -0.4 is 11.3 Å². The van der Waals surface area contributed by atoms with Crippen LogP contribution in [0.25, 0.3) is 0 Å². The van der Waals surface area contributed by atoms with E-state index in [-0.39, 0.29) is 11.2 Å². The Balaban J connectivity index is 1.92. The van der Waals surface area contributed by atoms with Crippen molar-refractivity contribution in [2.45, 2.75) is 19.4 Å². The van der Waals surface area contributed by atoms with Gasteiger partial charge in [-0.25, -0.2) is 0 Å². The van der Waals surface area contributed by atoms with E-state index in [1.165, 1.54) is 25.9 Å². The Bertz CT molecular complexity index is 381. The molecule has 1 saturated heterocycles. The van der Waals surface area contributed by atoms with E-state index in [2.05, 4.69) is 9.88 Å². The van der Waals surface area contributed by atoms with Crippen molar-refractivity contribution in [3.05, 3.63) is 22.9 Å². The molecule has 1 aliphatic rings. The van der Waals surface area contributed by atoms with E-state index < -0.39 is 0 Å². The predicted molar refractivity (Wildman–Crippen MR) is 58.6 cm³/mol. The first kappa shape index (κ1) is 10.2. The highest BCUT2D eigenvalue weighted by Crippen LogP contribution is 2.06. The summed E-state index contributed by atoms with van der Waals surface area (Å²) in [5.74, 6) is 0. The molecule has 2 rings (SSSR count). The van der Waals surface area contributed by atoms with Gasteiger partial charge in [0, 0.05) is 19.3 Å². The van der Waals surface area contributed by atoms with Crippen molar-refractivity contribution in [1.82, 2.24) is 14.5 Å². The topological polar surface area (TPSA) is 64.2 Å². The highest BCUT2D eigenvalue weighted by Gasteiger charge is 2.10. The zero-order valence-corrected chi connectivity index (χ0v) is 8.72. The standard InChI is InChI=1S/C10H16N4O/c11-9-7-14(8-12-10(9)15)6-5-13-3-1-2-4-13/h7-8H,1-6,11H2. The zero-order chi connectivity index (χ0) is 10.7. The van der Waals surface area contributed by atoms with Crippen LogP contribution in [0.1, 0.15) is 12.8 Å². The summed E-state index contributed by atoms with van der Waals surface area (Å²) >= 11 is 0. The number of hydrogen-bond acceptors (Lipinski definition) is 4.